The second kappa shape index (κ2) is 11.7. The third kappa shape index (κ3) is 6.39. The SMILES string of the molecule is CCN1CCN(Cc2ccc(C(=O)Nc3ccc(C)c(NC(=O)c4cnc5ncccn45)c3)cc2C(F)(F)F)CC1. The molecule has 1 aliphatic heterocycles. The van der Waals surface area contributed by atoms with Crippen LogP contribution in [0, 0.1) is 6.92 Å². The highest BCUT2D eigenvalue weighted by atomic mass is 19.4. The molecule has 41 heavy (non-hydrogen) atoms. The number of amides is 2. The molecule has 2 N–H and O–H groups in total. The number of nitrogens with zero attached hydrogens (tertiary/aromatic N) is 5. The van der Waals surface area contributed by atoms with Gasteiger partial charge in [0.15, 0.2) is 0 Å². The van der Waals surface area contributed by atoms with Crippen molar-refractivity contribution >= 4 is 29.0 Å². The molecule has 5 rings (SSSR count). The third-order valence-electron chi connectivity index (χ3n) is 7.25. The lowest BCUT2D eigenvalue weighted by Crippen LogP contribution is -2.45. The topological polar surface area (TPSA) is 94.9 Å². The van der Waals surface area contributed by atoms with Crippen molar-refractivity contribution in [3.8, 4) is 0 Å². The van der Waals surface area contributed by atoms with Gasteiger partial charge in [-0.1, -0.05) is 19.1 Å². The first-order valence-electron chi connectivity index (χ1n) is 13.3. The van der Waals surface area contributed by atoms with E-state index in [9.17, 15) is 22.8 Å². The molecular formula is C29H30F3N7O2. The van der Waals surface area contributed by atoms with Crippen LogP contribution in [0.2, 0.25) is 0 Å². The number of aromatic nitrogens is 3. The average molecular weight is 566 g/mol. The van der Waals surface area contributed by atoms with Crippen LogP contribution < -0.4 is 10.6 Å². The molecule has 0 bridgehead atoms. The quantitative estimate of drug-likeness (QED) is 0.338. The Kier molecular flexibility index (Phi) is 8.04. The Bertz CT molecular complexity index is 1580. The number of imidazole rings is 1. The summed E-state index contributed by atoms with van der Waals surface area (Å²) in [5.41, 5.74) is 0.967. The highest BCUT2D eigenvalue weighted by Crippen LogP contribution is 2.34. The number of piperazine rings is 1. The zero-order chi connectivity index (χ0) is 29.1. The summed E-state index contributed by atoms with van der Waals surface area (Å²) in [6, 6.07) is 10.3. The number of alkyl halides is 3. The maximum absolute atomic E-state index is 14.0. The van der Waals surface area contributed by atoms with Crippen LogP contribution in [0.15, 0.2) is 61.1 Å². The molecule has 4 aromatic rings. The van der Waals surface area contributed by atoms with E-state index in [1.54, 1.807) is 48.0 Å². The number of anilines is 2. The monoisotopic (exact) mass is 565 g/mol. The number of hydrogen-bond donors (Lipinski definition) is 2. The number of rotatable bonds is 7. The van der Waals surface area contributed by atoms with Crippen LogP contribution in [0.1, 0.15) is 44.5 Å². The van der Waals surface area contributed by atoms with Gasteiger partial charge in [0.2, 0.25) is 5.78 Å². The molecule has 0 aliphatic carbocycles. The average Bonchev–Trinajstić information content (AvgIpc) is 3.39. The van der Waals surface area contributed by atoms with Crippen LogP contribution in [0.25, 0.3) is 5.78 Å². The van der Waals surface area contributed by atoms with E-state index >= 15 is 0 Å². The number of halogens is 3. The van der Waals surface area contributed by atoms with Crippen molar-refractivity contribution in [3.63, 3.8) is 0 Å². The molecule has 2 aromatic heterocycles. The van der Waals surface area contributed by atoms with Crippen molar-refractivity contribution in [2.24, 2.45) is 0 Å². The van der Waals surface area contributed by atoms with Gasteiger partial charge in [-0.15, -0.1) is 0 Å². The summed E-state index contributed by atoms with van der Waals surface area (Å²) < 4.78 is 43.6. The van der Waals surface area contributed by atoms with E-state index in [4.69, 9.17) is 0 Å². The van der Waals surface area contributed by atoms with Gasteiger partial charge in [0.25, 0.3) is 11.8 Å². The number of carbonyl (C=O) groups is 2. The van der Waals surface area contributed by atoms with Gasteiger partial charge in [-0.2, -0.15) is 13.2 Å². The van der Waals surface area contributed by atoms with Crippen LogP contribution >= 0.6 is 0 Å². The van der Waals surface area contributed by atoms with Gasteiger partial charge in [0, 0.05) is 62.1 Å². The summed E-state index contributed by atoms with van der Waals surface area (Å²) in [6.45, 7) is 7.93. The first kappa shape index (κ1) is 28.2. The molecule has 3 heterocycles. The van der Waals surface area contributed by atoms with E-state index in [1.165, 1.54) is 18.3 Å². The van der Waals surface area contributed by atoms with Crippen molar-refractivity contribution in [2.45, 2.75) is 26.6 Å². The summed E-state index contributed by atoms with van der Waals surface area (Å²) >= 11 is 0. The highest BCUT2D eigenvalue weighted by Gasteiger charge is 2.34. The molecule has 12 heteroatoms. The molecule has 214 valence electrons. The van der Waals surface area contributed by atoms with Crippen molar-refractivity contribution in [3.05, 3.63) is 89.0 Å². The summed E-state index contributed by atoms with van der Waals surface area (Å²) in [5.74, 6) is -0.745. The molecule has 2 aromatic carbocycles. The molecule has 0 unspecified atom stereocenters. The third-order valence-corrected chi connectivity index (χ3v) is 7.25. The minimum atomic E-state index is -4.61. The van der Waals surface area contributed by atoms with Crippen molar-refractivity contribution < 1.29 is 22.8 Å². The Hall–Kier alpha value is -4.29. The van der Waals surface area contributed by atoms with E-state index in [0.29, 0.717) is 30.2 Å². The zero-order valence-corrected chi connectivity index (χ0v) is 22.7. The van der Waals surface area contributed by atoms with Gasteiger partial charge in [-0.25, -0.2) is 9.97 Å². The molecule has 1 fully saturated rings. The molecule has 0 saturated carbocycles. The van der Waals surface area contributed by atoms with Gasteiger partial charge < -0.3 is 15.5 Å². The summed E-state index contributed by atoms with van der Waals surface area (Å²) in [7, 11) is 0. The van der Waals surface area contributed by atoms with Crippen molar-refractivity contribution in [2.75, 3.05) is 43.4 Å². The molecule has 1 saturated heterocycles. The predicted molar refractivity (Wildman–Crippen MR) is 149 cm³/mol. The van der Waals surface area contributed by atoms with Crippen LogP contribution in [-0.4, -0.2) is 68.7 Å². The van der Waals surface area contributed by atoms with E-state index in [-0.39, 0.29) is 23.4 Å². The second-order valence-electron chi connectivity index (χ2n) is 9.95. The maximum atomic E-state index is 14.0. The fourth-order valence-corrected chi connectivity index (χ4v) is 4.84. The second-order valence-corrected chi connectivity index (χ2v) is 9.95. The molecule has 0 atom stereocenters. The number of aryl methyl sites for hydroxylation is 1. The standard InChI is InChI=1S/C29H30F3N7O2/c1-3-37-11-13-38(14-12-37)18-21-7-6-20(15-23(21)29(30,31)32)26(40)35-22-8-5-19(2)24(16-22)36-27(41)25-17-34-28-33-9-4-10-39(25)28/h4-10,15-17H,3,11-14,18H2,1-2H3,(H,35,40)(H,36,41). The summed E-state index contributed by atoms with van der Waals surface area (Å²) in [5, 5.41) is 5.46. The summed E-state index contributed by atoms with van der Waals surface area (Å²) in [4.78, 5) is 38.4. The minimum Gasteiger partial charge on any atom is -0.322 e. The minimum absolute atomic E-state index is 0.110. The van der Waals surface area contributed by atoms with E-state index in [1.807, 2.05) is 4.90 Å². The Morgan fingerprint density at radius 1 is 0.951 bits per heavy atom. The van der Waals surface area contributed by atoms with Gasteiger partial charge in [0.05, 0.1) is 11.8 Å². The molecule has 2 amide bonds. The molecule has 0 spiro atoms. The van der Waals surface area contributed by atoms with Crippen LogP contribution in [0.5, 0.6) is 0 Å². The Balaban J connectivity index is 1.31. The smallest absolute Gasteiger partial charge is 0.322 e. The predicted octanol–water partition coefficient (Wildman–Crippen LogP) is 4.70. The Morgan fingerprint density at radius 2 is 1.71 bits per heavy atom. The van der Waals surface area contributed by atoms with Crippen LogP contribution in [0.3, 0.4) is 0 Å². The lowest BCUT2D eigenvalue weighted by Gasteiger charge is -2.34. The van der Waals surface area contributed by atoms with Crippen LogP contribution in [0.4, 0.5) is 24.5 Å². The van der Waals surface area contributed by atoms with Crippen molar-refractivity contribution in [1.29, 1.82) is 0 Å². The number of likely N-dealkylation sites (N-methyl/N-ethyl adjacent to an activating group) is 1. The summed E-state index contributed by atoms with van der Waals surface area (Å²) in [6.07, 6.45) is 0.0396. The van der Waals surface area contributed by atoms with Gasteiger partial charge in [-0.3, -0.25) is 18.9 Å². The fraction of sp³-hybridized carbons (Fsp3) is 0.310. The number of benzene rings is 2. The number of hydrogen-bond acceptors (Lipinski definition) is 6. The number of fused-ring (bicyclic) bond motifs is 1. The first-order chi connectivity index (χ1) is 19.6. The lowest BCUT2D eigenvalue weighted by atomic mass is 10.0. The fourth-order valence-electron chi connectivity index (χ4n) is 4.84. The van der Waals surface area contributed by atoms with Gasteiger partial charge in [-0.05, 0) is 54.9 Å². The number of nitrogens with one attached hydrogen (secondary N) is 2. The molecule has 9 nitrogen and oxygen atoms in total. The van der Waals surface area contributed by atoms with E-state index in [0.717, 1.165) is 31.3 Å². The lowest BCUT2D eigenvalue weighted by molar-refractivity contribution is -0.138. The van der Waals surface area contributed by atoms with E-state index < -0.39 is 23.6 Å². The molecule has 1 aliphatic rings. The van der Waals surface area contributed by atoms with Crippen molar-refractivity contribution in [1.82, 2.24) is 24.2 Å². The van der Waals surface area contributed by atoms with E-state index in [2.05, 4.69) is 32.4 Å². The molecular weight excluding hydrogens is 535 g/mol. The van der Waals surface area contributed by atoms with Crippen LogP contribution in [-0.2, 0) is 12.7 Å². The highest BCUT2D eigenvalue weighted by molar-refractivity contribution is 6.06. The normalized spacial score (nSPS) is 14.8. The Labute approximate surface area is 235 Å². The maximum Gasteiger partial charge on any atom is 0.416 e. The van der Waals surface area contributed by atoms with Gasteiger partial charge >= 0.3 is 6.18 Å². The Morgan fingerprint density at radius 3 is 2.44 bits per heavy atom. The largest absolute Gasteiger partial charge is 0.416 e. The van der Waals surface area contributed by atoms with Gasteiger partial charge in [0.1, 0.15) is 5.69 Å². The molecule has 0 radical (unpaired) electrons. The number of carbonyl (C=O) groups excluding carboxylic acids is 2. The zero-order valence-electron chi connectivity index (χ0n) is 22.7. The first-order valence-corrected chi connectivity index (χ1v) is 13.3.